The molecule has 0 aromatic heterocycles. The molecule has 0 aromatic carbocycles. The van der Waals surface area contributed by atoms with Gasteiger partial charge in [0.1, 0.15) is 0 Å². The Morgan fingerprint density at radius 3 is 2.73 bits per heavy atom. The maximum absolute atomic E-state index is 5.34. The number of hydrogen-bond acceptors (Lipinski definition) is 3. The summed E-state index contributed by atoms with van der Waals surface area (Å²) in [7, 11) is 0. The van der Waals surface area contributed by atoms with Crippen molar-refractivity contribution in [2.75, 3.05) is 26.3 Å². The fourth-order valence-electron chi connectivity index (χ4n) is 2.53. The maximum atomic E-state index is 5.34. The van der Waals surface area contributed by atoms with E-state index in [2.05, 4.69) is 10.6 Å². The van der Waals surface area contributed by atoms with Crippen LogP contribution < -0.4 is 10.6 Å². The molecular weight excluding hydrogens is 188 g/mol. The van der Waals surface area contributed by atoms with E-state index in [1.165, 1.54) is 51.6 Å². The smallest absolute Gasteiger partial charge is 0.0480 e. The molecule has 2 heterocycles. The van der Waals surface area contributed by atoms with Gasteiger partial charge in [-0.25, -0.2) is 0 Å². The van der Waals surface area contributed by atoms with E-state index in [0.29, 0.717) is 6.04 Å². The van der Waals surface area contributed by atoms with Gasteiger partial charge >= 0.3 is 0 Å². The zero-order chi connectivity index (χ0) is 10.3. The van der Waals surface area contributed by atoms with E-state index in [9.17, 15) is 0 Å². The monoisotopic (exact) mass is 212 g/mol. The minimum atomic E-state index is 0.711. The molecule has 1 unspecified atom stereocenters. The minimum absolute atomic E-state index is 0.711. The van der Waals surface area contributed by atoms with E-state index < -0.39 is 0 Å². The average molecular weight is 212 g/mol. The summed E-state index contributed by atoms with van der Waals surface area (Å²) >= 11 is 0. The highest BCUT2D eigenvalue weighted by Gasteiger charge is 2.15. The molecule has 15 heavy (non-hydrogen) atoms. The minimum Gasteiger partial charge on any atom is -0.381 e. The summed E-state index contributed by atoms with van der Waals surface area (Å²) < 4.78 is 5.34. The lowest BCUT2D eigenvalue weighted by Crippen LogP contribution is -2.40. The molecule has 2 N–H and O–H groups in total. The molecule has 0 saturated carbocycles. The van der Waals surface area contributed by atoms with Crippen LogP contribution in [-0.4, -0.2) is 38.4 Å². The summed E-state index contributed by atoms with van der Waals surface area (Å²) in [5.41, 5.74) is 0. The molecule has 3 nitrogen and oxygen atoms in total. The van der Waals surface area contributed by atoms with Crippen molar-refractivity contribution in [1.29, 1.82) is 0 Å². The summed E-state index contributed by atoms with van der Waals surface area (Å²) in [6.45, 7) is 4.28. The molecule has 3 heteroatoms. The van der Waals surface area contributed by atoms with Gasteiger partial charge in [-0.1, -0.05) is 6.42 Å². The van der Waals surface area contributed by atoms with Crippen molar-refractivity contribution in [3.8, 4) is 0 Å². The Bertz CT molecular complexity index is 145. The Kier molecular flexibility index (Phi) is 4.90. The molecule has 0 bridgehead atoms. The lowest BCUT2D eigenvalue weighted by Gasteiger charge is -2.26. The SMILES string of the molecule is C1CCC(CCNC2CCOCC2)NC1. The highest BCUT2D eigenvalue weighted by atomic mass is 16.5. The standard InChI is InChI=1S/C12H24N2O/c1-2-7-13-11(3-1)4-8-14-12-5-9-15-10-6-12/h11-14H,1-10H2. The highest BCUT2D eigenvalue weighted by Crippen LogP contribution is 2.10. The quantitative estimate of drug-likeness (QED) is 0.736. The van der Waals surface area contributed by atoms with Crippen molar-refractivity contribution in [2.45, 2.75) is 50.6 Å². The van der Waals surface area contributed by atoms with Crippen LogP contribution in [0.15, 0.2) is 0 Å². The Balaban J connectivity index is 1.53. The van der Waals surface area contributed by atoms with Crippen LogP contribution in [0.25, 0.3) is 0 Å². The van der Waals surface area contributed by atoms with Gasteiger partial charge in [-0.15, -0.1) is 0 Å². The second kappa shape index (κ2) is 6.46. The predicted molar refractivity (Wildman–Crippen MR) is 62.1 cm³/mol. The van der Waals surface area contributed by atoms with E-state index in [1.54, 1.807) is 0 Å². The lowest BCUT2D eigenvalue weighted by atomic mass is 10.0. The van der Waals surface area contributed by atoms with Gasteiger partial charge in [-0.3, -0.25) is 0 Å². The third-order valence-corrected chi connectivity index (χ3v) is 3.56. The van der Waals surface area contributed by atoms with Crippen LogP contribution in [0.4, 0.5) is 0 Å². The first-order valence-electron chi connectivity index (χ1n) is 6.49. The van der Waals surface area contributed by atoms with Gasteiger partial charge in [-0.05, 0) is 45.2 Å². The van der Waals surface area contributed by atoms with Gasteiger partial charge in [-0.2, -0.15) is 0 Å². The van der Waals surface area contributed by atoms with Crippen LogP contribution in [-0.2, 0) is 4.74 Å². The molecule has 2 aliphatic rings. The predicted octanol–water partition coefficient (Wildman–Crippen LogP) is 1.29. The second-order valence-electron chi connectivity index (χ2n) is 4.78. The van der Waals surface area contributed by atoms with Crippen LogP contribution >= 0.6 is 0 Å². The Hall–Kier alpha value is -0.120. The van der Waals surface area contributed by atoms with Crippen LogP contribution in [0.5, 0.6) is 0 Å². The average Bonchev–Trinajstić information content (AvgIpc) is 2.32. The third kappa shape index (κ3) is 4.09. The first-order chi connectivity index (χ1) is 7.45. The fourth-order valence-corrected chi connectivity index (χ4v) is 2.53. The molecule has 0 spiro atoms. The van der Waals surface area contributed by atoms with Crippen molar-refractivity contribution in [3.63, 3.8) is 0 Å². The molecule has 0 radical (unpaired) electrons. The largest absolute Gasteiger partial charge is 0.381 e. The third-order valence-electron chi connectivity index (χ3n) is 3.56. The van der Waals surface area contributed by atoms with Gasteiger partial charge in [0.2, 0.25) is 0 Å². The first kappa shape index (κ1) is 11.4. The van der Waals surface area contributed by atoms with Crippen LogP contribution in [0, 0.1) is 0 Å². The molecule has 0 amide bonds. The van der Waals surface area contributed by atoms with Crippen molar-refractivity contribution in [2.24, 2.45) is 0 Å². The number of hydrogen-bond donors (Lipinski definition) is 2. The number of rotatable bonds is 4. The highest BCUT2D eigenvalue weighted by molar-refractivity contribution is 4.75. The fraction of sp³-hybridized carbons (Fsp3) is 1.00. The van der Waals surface area contributed by atoms with Gasteiger partial charge in [0.25, 0.3) is 0 Å². The molecule has 2 fully saturated rings. The summed E-state index contributed by atoms with van der Waals surface area (Å²) in [6, 6.07) is 1.48. The molecule has 0 aromatic rings. The zero-order valence-electron chi connectivity index (χ0n) is 9.63. The summed E-state index contributed by atoms with van der Waals surface area (Å²) in [5.74, 6) is 0. The lowest BCUT2D eigenvalue weighted by molar-refractivity contribution is 0.0777. The van der Waals surface area contributed by atoms with Crippen molar-refractivity contribution in [1.82, 2.24) is 10.6 Å². The summed E-state index contributed by atoms with van der Waals surface area (Å²) in [4.78, 5) is 0. The van der Waals surface area contributed by atoms with Gasteiger partial charge in [0.15, 0.2) is 0 Å². The maximum Gasteiger partial charge on any atom is 0.0480 e. The first-order valence-corrected chi connectivity index (χ1v) is 6.49. The second-order valence-corrected chi connectivity index (χ2v) is 4.78. The van der Waals surface area contributed by atoms with Crippen molar-refractivity contribution in [3.05, 3.63) is 0 Å². The number of piperidine rings is 1. The molecule has 0 aliphatic carbocycles. The van der Waals surface area contributed by atoms with Crippen LogP contribution in [0.1, 0.15) is 38.5 Å². The molecule has 88 valence electrons. The zero-order valence-corrected chi connectivity index (χ0v) is 9.63. The van der Waals surface area contributed by atoms with E-state index >= 15 is 0 Å². The van der Waals surface area contributed by atoms with Gasteiger partial charge < -0.3 is 15.4 Å². The van der Waals surface area contributed by atoms with Crippen molar-refractivity contribution >= 4 is 0 Å². The topological polar surface area (TPSA) is 33.3 Å². The van der Waals surface area contributed by atoms with Crippen LogP contribution in [0.3, 0.4) is 0 Å². The molecule has 2 saturated heterocycles. The van der Waals surface area contributed by atoms with Crippen molar-refractivity contribution < 1.29 is 4.74 Å². The Morgan fingerprint density at radius 1 is 1.13 bits per heavy atom. The summed E-state index contributed by atoms with van der Waals surface area (Å²) in [6.07, 6.45) is 7.82. The van der Waals surface area contributed by atoms with E-state index in [0.717, 1.165) is 19.3 Å². The van der Waals surface area contributed by atoms with Gasteiger partial charge in [0.05, 0.1) is 0 Å². The molecule has 2 rings (SSSR count). The number of nitrogens with one attached hydrogen (secondary N) is 2. The van der Waals surface area contributed by atoms with E-state index in [-0.39, 0.29) is 0 Å². The Morgan fingerprint density at radius 2 is 2.00 bits per heavy atom. The van der Waals surface area contributed by atoms with Crippen LogP contribution in [0.2, 0.25) is 0 Å². The van der Waals surface area contributed by atoms with E-state index in [1.807, 2.05) is 0 Å². The van der Waals surface area contributed by atoms with Gasteiger partial charge in [0, 0.05) is 25.3 Å². The molecule has 1 atom stereocenters. The molecule has 2 aliphatic heterocycles. The summed E-state index contributed by atoms with van der Waals surface area (Å²) in [5, 5.41) is 7.24. The molecular formula is C12H24N2O. The van der Waals surface area contributed by atoms with E-state index in [4.69, 9.17) is 4.74 Å². The number of ether oxygens (including phenoxy) is 1. The normalized spacial score (nSPS) is 29.2. The Labute approximate surface area is 93.0 Å².